The van der Waals surface area contributed by atoms with E-state index in [4.69, 9.17) is 4.74 Å². The van der Waals surface area contributed by atoms with E-state index in [-0.39, 0.29) is 5.97 Å². The molecule has 1 aromatic rings. The minimum atomic E-state index is -0.384. The number of hydrogen-bond acceptors (Lipinski definition) is 4. The van der Waals surface area contributed by atoms with E-state index in [1.807, 2.05) is 0 Å². The number of carbonyl (C=O) groups is 2. The Morgan fingerprint density at radius 3 is 2.33 bits per heavy atom. The highest BCUT2D eigenvalue weighted by atomic mass is 16.5. The van der Waals surface area contributed by atoms with Crippen molar-refractivity contribution in [2.75, 3.05) is 31.6 Å². The Labute approximate surface area is 124 Å². The van der Waals surface area contributed by atoms with Crippen molar-refractivity contribution < 1.29 is 14.3 Å². The summed E-state index contributed by atoms with van der Waals surface area (Å²) in [5.41, 5.74) is 1.08. The van der Waals surface area contributed by atoms with Gasteiger partial charge in [0.1, 0.15) is 6.61 Å². The summed E-state index contributed by atoms with van der Waals surface area (Å²) in [6, 6.07) is 6.51. The van der Waals surface area contributed by atoms with E-state index >= 15 is 0 Å². The van der Waals surface area contributed by atoms with Crippen LogP contribution in [0.2, 0.25) is 0 Å². The van der Waals surface area contributed by atoms with Crippen molar-refractivity contribution in [3.8, 4) is 0 Å². The Morgan fingerprint density at radius 2 is 1.81 bits per heavy atom. The molecule has 5 heteroatoms. The third-order valence-corrected chi connectivity index (χ3v) is 2.76. The zero-order chi connectivity index (χ0) is 15.5. The van der Waals surface area contributed by atoms with Crippen LogP contribution in [0, 0.1) is 0 Å². The van der Waals surface area contributed by atoms with Crippen molar-refractivity contribution >= 4 is 18.1 Å². The van der Waals surface area contributed by atoms with Crippen LogP contribution in [0.3, 0.4) is 0 Å². The molecule has 21 heavy (non-hydrogen) atoms. The van der Waals surface area contributed by atoms with Gasteiger partial charge in [-0.25, -0.2) is 4.79 Å². The molecule has 1 aromatic carbocycles. The first-order chi connectivity index (χ1) is 10.2. The lowest BCUT2D eigenvalue weighted by Crippen LogP contribution is -2.28. The topological polar surface area (TPSA) is 58.6 Å². The molecule has 0 heterocycles. The van der Waals surface area contributed by atoms with Crippen LogP contribution >= 0.6 is 0 Å². The second-order valence-electron chi connectivity index (χ2n) is 4.31. The van der Waals surface area contributed by atoms with Gasteiger partial charge in [0, 0.05) is 25.3 Å². The number of anilines is 1. The van der Waals surface area contributed by atoms with Crippen LogP contribution in [0.25, 0.3) is 0 Å². The van der Waals surface area contributed by atoms with Crippen LogP contribution in [0.1, 0.15) is 10.4 Å². The summed E-state index contributed by atoms with van der Waals surface area (Å²) in [5.74, 6) is -0.384. The summed E-state index contributed by atoms with van der Waals surface area (Å²) in [4.78, 5) is 24.2. The maximum Gasteiger partial charge on any atom is 0.338 e. The molecule has 0 aliphatic rings. The molecule has 1 rings (SSSR count). The van der Waals surface area contributed by atoms with E-state index in [2.05, 4.69) is 23.4 Å². The van der Waals surface area contributed by atoms with Gasteiger partial charge in [-0.1, -0.05) is 12.2 Å². The molecule has 0 aliphatic carbocycles. The fraction of sp³-hybridized carbons (Fsp3) is 0.250. The quantitative estimate of drug-likeness (QED) is 0.407. The van der Waals surface area contributed by atoms with Crippen molar-refractivity contribution in [2.45, 2.75) is 0 Å². The number of nitrogens with zero attached hydrogens (tertiary/aromatic N) is 1. The number of ether oxygens (including phenoxy) is 1. The maximum atomic E-state index is 11.8. The molecule has 112 valence electrons. The summed E-state index contributed by atoms with van der Waals surface area (Å²) in [6.07, 6.45) is 4.18. The van der Waals surface area contributed by atoms with E-state index in [0.717, 1.165) is 13.1 Å². The number of amides is 1. The van der Waals surface area contributed by atoms with Crippen molar-refractivity contribution in [1.29, 1.82) is 0 Å². The SMILES string of the molecule is C=CCN(CC=C)CCOC(=O)c1ccc(NC=O)cc1. The summed E-state index contributed by atoms with van der Waals surface area (Å²) >= 11 is 0. The first kappa shape index (κ1) is 16.7. The Bertz CT molecular complexity index is 473. The Hall–Kier alpha value is -2.40. The highest BCUT2D eigenvalue weighted by Crippen LogP contribution is 2.09. The number of esters is 1. The molecule has 1 amide bonds. The van der Waals surface area contributed by atoms with Crippen LogP contribution in [0.4, 0.5) is 5.69 Å². The van der Waals surface area contributed by atoms with Gasteiger partial charge >= 0.3 is 5.97 Å². The lowest BCUT2D eigenvalue weighted by Gasteiger charge is -2.18. The van der Waals surface area contributed by atoms with Crippen molar-refractivity contribution in [3.05, 3.63) is 55.1 Å². The second kappa shape index (κ2) is 9.50. The van der Waals surface area contributed by atoms with E-state index in [1.165, 1.54) is 0 Å². The lowest BCUT2D eigenvalue weighted by molar-refractivity contribution is -0.105. The molecule has 0 spiro atoms. The zero-order valence-electron chi connectivity index (χ0n) is 12.0. The van der Waals surface area contributed by atoms with Gasteiger partial charge < -0.3 is 10.1 Å². The Balaban J connectivity index is 2.43. The highest BCUT2D eigenvalue weighted by Gasteiger charge is 2.08. The molecular weight excluding hydrogens is 268 g/mol. The number of benzene rings is 1. The third kappa shape index (κ3) is 6.05. The fourth-order valence-corrected chi connectivity index (χ4v) is 1.74. The molecule has 0 aromatic heterocycles. The predicted octanol–water partition coefficient (Wildman–Crippen LogP) is 2.09. The molecule has 0 unspecified atom stereocenters. The largest absolute Gasteiger partial charge is 0.461 e. The van der Waals surface area contributed by atoms with Gasteiger partial charge in [-0.3, -0.25) is 9.69 Å². The maximum absolute atomic E-state index is 11.8. The van der Waals surface area contributed by atoms with Gasteiger partial charge in [0.15, 0.2) is 0 Å². The molecule has 0 saturated heterocycles. The minimum Gasteiger partial charge on any atom is -0.461 e. The average Bonchev–Trinajstić information content (AvgIpc) is 2.48. The number of carbonyl (C=O) groups excluding carboxylic acids is 2. The van der Waals surface area contributed by atoms with Gasteiger partial charge in [0.25, 0.3) is 0 Å². The first-order valence-electron chi connectivity index (χ1n) is 6.62. The van der Waals surface area contributed by atoms with Gasteiger partial charge in [-0.05, 0) is 24.3 Å². The van der Waals surface area contributed by atoms with Gasteiger partial charge in [0.2, 0.25) is 6.41 Å². The van der Waals surface area contributed by atoms with Gasteiger partial charge in [-0.15, -0.1) is 13.2 Å². The van der Waals surface area contributed by atoms with Crippen molar-refractivity contribution in [2.24, 2.45) is 0 Å². The van der Waals surface area contributed by atoms with E-state index in [0.29, 0.717) is 30.8 Å². The lowest BCUT2D eigenvalue weighted by atomic mass is 10.2. The molecule has 0 aliphatic heterocycles. The van der Waals surface area contributed by atoms with Gasteiger partial charge in [-0.2, -0.15) is 0 Å². The standard InChI is InChI=1S/C16H20N2O3/c1-3-9-18(10-4-2)11-12-21-16(20)14-5-7-15(8-6-14)17-13-19/h3-8,13H,1-2,9-12H2,(H,17,19). The molecule has 0 atom stereocenters. The molecular formula is C16H20N2O3. The average molecular weight is 288 g/mol. The van der Waals surface area contributed by atoms with E-state index in [1.54, 1.807) is 36.4 Å². The number of rotatable bonds is 10. The molecule has 0 radical (unpaired) electrons. The van der Waals surface area contributed by atoms with Crippen LogP contribution in [-0.2, 0) is 9.53 Å². The minimum absolute atomic E-state index is 0.300. The molecule has 0 bridgehead atoms. The van der Waals surface area contributed by atoms with E-state index in [9.17, 15) is 9.59 Å². The normalized spacial score (nSPS) is 9.95. The highest BCUT2D eigenvalue weighted by molar-refractivity contribution is 5.90. The second-order valence-corrected chi connectivity index (χ2v) is 4.31. The van der Waals surface area contributed by atoms with E-state index < -0.39 is 0 Å². The van der Waals surface area contributed by atoms with Crippen LogP contribution in [0.15, 0.2) is 49.6 Å². The number of hydrogen-bond donors (Lipinski definition) is 1. The molecule has 1 N–H and O–H groups in total. The summed E-state index contributed by atoms with van der Waals surface area (Å²) in [6.45, 7) is 9.72. The third-order valence-electron chi connectivity index (χ3n) is 2.76. The Kier molecular flexibility index (Phi) is 7.53. The van der Waals surface area contributed by atoms with Crippen LogP contribution < -0.4 is 5.32 Å². The predicted molar refractivity (Wildman–Crippen MR) is 83.2 cm³/mol. The van der Waals surface area contributed by atoms with Crippen molar-refractivity contribution in [1.82, 2.24) is 4.90 Å². The Morgan fingerprint density at radius 1 is 1.19 bits per heavy atom. The molecule has 0 saturated carbocycles. The number of nitrogens with one attached hydrogen (secondary N) is 1. The smallest absolute Gasteiger partial charge is 0.338 e. The first-order valence-corrected chi connectivity index (χ1v) is 6.62. The summed E-state index contributed by atoms with van der Waals surface area (Å²) in [5, 5.41) is 2.50. The fourth-order valence-electron chi connectivity index (χ4n) is 1.74. The van der Waals surface area contributed by atoms with Crippen LogP contribution in [0.5, 0.6) is 0 Å². The summed E-state index contributed by atoms with van der Waals surface area (Å²) in [7, 11) is 0. The monoisotopic (exact) mass is 288 g/mol. The molecule has 0 fully saturated rings. The molecule has 5 nitrogen and oxygen atoms in total. The zero-order valence-corrected chi connectivity index (χ0v) is 12.0. The van der Waals surface area contributed by atoms with Crippen molar-refractivity contribution in [3.63, 3.8) is 0 Å². The van der Waals surface area contributed by atoms with Gasteiger partial charge in [0.05, 0.1) is 5.56 Å². The summed E-state index contributed by atoms with van der Waals surface area (Å²) < 4.78 is 5.21. The van der Waals surface area contributed by atoms with Crippen LogP contribution in [-0.4, -0.2) is 43.5 Å².